The summed E-state index contributed by atoms with van der Waals surface area (Å²) in [5, 5.41) is 7.97. The molecule has 0 atom stereocenters. The number of hydrogen-bond donors (Lipinski definition) is 2. The molecule has 64 valence electrons. The summed E-state index contributed by atoms with van der Waals surface area (Å²) < 4.78 is 0. The van der Waals surface area contributed by atoms with Gasteiger partial charge < -0.3 is 5.73 Å². The van der Waals surface area contributed by atoms with Gasteiger partial charge in [-0.25, -0.2) is 0 Å². The zero-order valence-electron chi connectivity index (χ0n) is 6.49. The van der Waals surface area contributed by atoms with Gasteiger partial charge in [-0.05, 0) is 12.1 Å². The van der Waals surface area contributed by atoms with Crippen LogP contribution in [0.15, 0.2) is 35.2 Å². The number of rotatable bonds is 3. The second kappa shape index (κ2) is 5.11. The van der Waals surface area contributed by atoms with Crippen molar-refractivity contribution >= 4 is 28.7 Å². The maximum absolute atomic E-state index is 6.99. The van der Waals surface area contributed by atoms with E-state index in [1.165, 1.54) is 16.7 Å². The Labute approximate surface area is 80.4 Å². The molecule has 0 fully saturated rings. The van der Waals surface area contributed by atoms with E-state index in [1.807, 2.05) is 30.3 Å². The first kappa shape index (κ1) is 9.48. The van der Waals surface area contributed by atoms with E-state index < -0.39 is 0 Å². The third kappa shape index (κ3) is 3.69. The number of amidine groups is 1. The Morgan fingerprint density at radius 2 is 2.00 bits per heavy atom. The minimum atomic E-state index is 0.179. The largest absolute Gasteiger partial charge is 0.379 e. The Hall–Kier alpha value is -0.610. The van der Waals surface area contributed by atoms with Crippen molar-refractivity contribution in [2.45, 2.75) is 4.90 Å². The van der Waals surface area contributed by atoms with Gasteiger partial charge in [-0.15, -0.1) is 11.8 Å². The zero-order valence-corrected chi connectivity index (χ0v) is 8.12. The molecule has 0 radical (unpaired) electrons. The van der Waals surface area contributed by atoms with Crippen LogP contribution in [-0.2, 0) is 0 Å². The fraction of sp³-hybridized carbons (Fsp3) is 0.125. The molecule has 0 saturated carbocycles. The molecule has 1 rings (SSSR count). The predicted octanol–water partition coefficient (Wildman–Crippen LogP) is 2.36. The summed E-state index contributed by atoms with van der Waals surface area (Å²) in [6.07, 6.45) is 0. The van der Waals surface area contributed by atoms with Crippen LogP contribution in [0, 0.1) is 5.41 Å². The van der Waals surface area contributed by atoms with Gasteiger partial charge in [0.25, 0.3) is 0 Å². The molecule has 0 amide bonds. The molecule has 0 saturated heterocycles. The minimum Gasteiger partial charge on any atom is -0.379 e. The summed E-state index contributed by atoms with van der Waals surface area (Å²) >= 11 is 3.04. The highest BCUT2D eigenvalue weighted by Crippen LogP contribution is 2.21. The molecule has 4 heteroatoms. The van der Waals surface area contributed by atoms with E-state index in [1.54, 1.807) is 11.8 Å². The van der Waals surface area contributed by atoms with Crippen LogP contribution in [0.1, 0.15) is 0 Å². The molecular formula is C8H10N2S2. The Morgan fingerprint density at radius 1 is 1.33 bits per heavy atom. The SMILES string of the molecule is N=C(N)SCSc1ccccc1. The number of hydrogen-bond acceptors (Lipinski definition) is 3. The Balaban J connectivity index is 2.29. The zero-order chi connectivity index (χ0) is 8.81. The third-order valence-electron chi connectivity index (χ3n) is 1.18. The third-order valence-corrected chi connectivity index (χ3v) is 3.04. The second-order valence-corrected chi connectivity index (χ2v) is 4.52. The van der Waals surface area contributed by atoms with E-state index in [4.69, 9.17) is 11.1 Å². The normalized spacial score (nSPS) is 9.67. The van der Waals surface area contributed by atoms with E-state index >= 15 is 0 Å². The average Bonchev–Trinajstić information content (AvgIpc) is 2.05. The lowest BCUT2D eigenvalue weighted by molar-refractivity contribution is 1.47. The smallest absolute Gasteiger partial charge is 0.151 e. The van der Waals surface area contributed by atoms with Crippen LogP contribution in [0.5, 0.6) is 0 Å². The van der Waals surface area contributed by atoms with Gasteiger partial charge >= 0.3 is 0 Å². The number of benzene rings is 1. The average molecular weight is 198 g/mol. The lowest BCUT2D eigenvalue weighted by atomic mass is 10.4. The maximum atomic E-state index is 6.99. The molecule has 2 nitrogen and oxygen atoms in total. The van der Waals surface area contributed by atoms with Crippen molar-refractivity contribution in [1.29, 1.82) is 5.41 Å². The van der Waals surface area contributed by atoms with Crippen molar-refractivity contribution in [3.8, 4) is 0 Å². The van der Waals surface area contributed by atoms with Gasteiger partial charge in [-0.3, -0.25) is 5.41 Å². The molecule has 0 aromatic heterocycles. The van der Waals surface area contributed by atoms with E-state index in [0.29, 0.717) is 0 Å². The van der Waals surface area contributed by atoms with Gasteiger partial charge in [-0.2, -0.15) is 0 Å². The van der Waals surface area contributed by atoms with Crippen molar-refractivity contribution in [1.82, 2.24) is 0 Å². The van der Waals surface area contributed by atoms with Crippen LogP contribution in [0.2, 0.25) is 0 Å². The van der Waals surface area contributed by atoms with E-state index in [9.17, 15) is 0 Å². The summed E-state index contributed by atoms with van der Waals surface area (Å²) in [6.45, 7) is 0. The monoisotopic (exact) mass is 198 g/mol. The lowest BCUT2D eigenvalue weighted by Gasteiger charge is -1.98. The highest BCUT2D eigenvalue weighted by molar-refractivity contribution is 8.23. The van der Waals surface area contributed by atoms with Crippen LogP contribution < -0.4 is 5.73 Å². The topological polar surface area (TPSA) is 49.9 Å². The van der Waals surface area contributed by atoms with Crippen molar-refractivity contribution in [2.24, 2.45) is 5.73 Å². The number of nitrogens with one attached hydrogen (secondary N) is 1. The minimum absolute atomic E-state index is 0.179. The molecule has 0 heterocycles. The fourth-order valence-corrected chi connectivity index (χ4v) is 2.32. The summed E-state index contributed by atoms with van der Waals surface area (Å²) in [6, 6.07) is 10.1. The summed E-state index contributed by atoms with van der Waals surface area (Å²) in [5.74, 6) is 0. The van der Waals surface area contributed by atoms with Gasteiger partial charge in [-0.1, -0.05) is 30.0 Å². The van der Waals surface area contributed by atoms with Gasteiger partial charge in [0, 0.05) is 4.90 Å². The van der Waals surface area contributed by atoms with Gasteiger partial charge in [0.2, 0.25) is 0 Å². The van der Waals surface area contributed by atoms with Gasteiger partial charge in [0.05, 0.1) is 5.08 Å². The molecule has 0 spiro atoms. The second-order valence-electron chi connectivity index (χ2n) is 2.08. The highest BCUT2D eigenvalue weighted by atomic mass is 32.2. The predicted molar refractivity (Wildman–Crippen MR) is 56.7 cm³/mol. The quantitative estimate of drug-likeness (QED) is 0.339. The van der Waals surface area contributed by atoms with Crippen molar-refractivity contribution in [2.75, 3.05) is 5.08 Å². The molecular weight excluding hydrogens is 188 g/mol. The van der Waals surface area contributed by atoms with E-state index in [-0.39, 0.29) is 5.17 Å². The molecule has 12 heavy (non-hydrogen) atoms. The van der Waals surface area contributed by atoms with Crippen molar-refractivity contribution < 1.29 is 0 Å². The molecule has 0 unspecified atom stereocenters. The van der Waals surface area contributed by atoms with Gasteiger partial charge in [0.15, 0.2) is 5.17 Å². The molecule has 0 aliphatic heterocycles. The Kier molecular flexibility index (Phi) is 4.04. The van der Waals surface area contributed by atoms with Crippen LogP contribution >= 0.6 is 23.5 Å². The molecule has 1 aromatic carbocycles. The van der Waals surface area contributed by atoms with E-state index in [2.05, 4.69) is 0 Å². The first-order valence-electron chi connectivity index (χ1n) is 3.43. The van der Waals surface area contributed by atoms with Crippen LogP contribution in [0.4, 0.5) is 0 Å². The Morgan fingerprint density at radius 3 is 2.58 bits per heavy atom. The standard InChI is InChI=1S/C8H10N2S2/c9-8(10)12-6-11-7-4-2-1-3-5-7/h1-5H,6H2,(H3,9,10). The number of nitrogens with two attached hydrogens (primary N) is 1. The number of thioether (sulfide) groups is 2. The Bertz CT molecular complexity index is 248. The molecule has 0 aliphatic rings. The van der Waals surface area contributed by atoms with Gasteiger partial charge in [0.1, 0.15) is 0 Å². The van der Waals surface area contributed by atoms with Crippen LogP contribution in [0.25, 0.3) is 0 Å². The highest BCUT2D eigenvalue weighted by Gasteiger charge is 1.93. The maximum Gasteiger partial charge on any atom is 0.151 e. The van der Waals surface area contributed by atoms with Crippen molar-refractivity contribution in [3.63, 3.8) is 0 Å². The summed E-state index contributed by atoms with van der Waals surface area (Å²) in [5.41, 5.74) is 5.19. The molecule has 1 aromatic rings. The summed E-state index contributed by atoms with van der Waals surface area (Å²) in [4.78, 5) is 1.21. The van der Waals surface area contributed by atoms with Crippen molar-refractivity contribution in [3.05, 3.63) is 30.3 Å². The first-order valence-corrected chi connectivity index (χ1v) is 5.41. The molecule has 3 N–H and O–H groups in total. The molecule has 0 aliphatic carbocycles. The fourth-order valence-electron chi connectivity index (χ4n) is 0.678. The lowest BCUT2D eigenvalue weighted by Crippen LogP contribution is -2.03. The summed E-state index contributed by atoms with van der Waals surface area (Å²) in [7, 11) is 0. The first-order chi connectivity index (χ1) is 5.79. The molecule has 0 bridgehead atoms. The van der Waals surface area contributed by atoms with E-state index in [0.717, 1.165) is 5.08 Å². The van der Waals surface area contributed by atoms with Crippen LogP contribution in [-0.4, -0.2) is 10.3 Å². The van der Waals surface area contributed by atoms with Crippen LogP contribution in [0.3, 0.4) is 0 Å².